The number of benzene rings is 4. The molecule has 0 spiro atoms. The molecule has 0 saturated carbocycles. The SMILES string of the molecule is O=C1c2c(c(OC(c3ccccc3)c3ccccc3)c3ncccc3c2N2CCOCC2)C(=O)N1Cc1ccc(F)cc1. The lowest BCUT2D eigenvalue weighted by Crippen LogP contribution is -2.37. The van der Waals surface area contributed by atoms with Gasteiger partial charge in [-0.1, -0.05) is 72.8 Å². The van der Waals surface area contributed by atoms with E-state index in [1.807, 2.05) is 72.8 Å². The standard InChI is InChI=1S/C35H28FN3O4/c36-26-15-13-23(14-16-26)22-39-34(40)28-29(35(39)41)33(30-27(12-7-17-37-30)31(28)38-18-20-42-21-19-38)43-32(24-8-3-1-4-9-24)25-10-5-2-6-11-25/h1-17,32H,18-22H2. The summed E-state index contributed by atoms with van der Waals surface area (Å²) >= 11 is 0. The fourth-order valence-corrected chi connectivity index (χ4v) is 5.88. The molecule has 0 atom stereocenters. The molecule has 0 N–H and O–H groups in total. The number of aromatic nitrogens is 1. The van der Waals surface area contributed by atoms with Gasteiger partial charge in [0.1, 0.15) is 17.4 Å². The maximum Gasteiger partial charge on any atom is 0.265 e. The first kappa shape index (κ1) is 26.8. The minimum atomic E-state index is -0.569. The van der Waals surface area contributed by atoms with Crippen LogP contribution in [0, 0.1) is 5.82 Å². The Morgan fingerprint density at radius 2 is 1.42 bits per heavy atom. The third-order valence-corrected chi connectivity index (χ3v) is 7.93. The van der Waals surface area contributed by atoms with Gasteiger partial charge in [-0.15, -0.1) is 0 Å². The third kappa shape index (κ3) is 4.89. The molecule has 0 unspecified atom stereocenters. The Hall–Kier alpha value is -5.08. The number of rotatable bonds is 7. The lowest BCUT2D eigenvalue weighted by molar-refractivity contribution is 0.0640. The lowest BCUT2D eigenvalue weighted by Gasteiger charge is -2.32. The molecule has 8 heteroatoms. The van der Waals surface area contributed by atoms with Crippen LogP contribution in [0.2, 0.25) is 0 Å². The van der Waals surface area contributed by atoms with Crippen LogP contribution in [0.5, 0.6) is 5.75 Å². The highest BCUT2D eigenvalue weighted by Gasteiger charge is 2.44. The molecule has 0 aliphatic carbocycles. The zero-order valence-electron chi connectivity index (χ0n) is 23.3. The van der Waals surface area contributed by atoms with Gasteiger partial charge < -0.3 is 14.4 Å². The first-order chi connectivity index (χ1) is 21.1. The molecule has 2 aliphatic rings. The minimum Gasteiger partial charge on any atom is -0.478 e. The van der Waals surface area contributed by atoms with E-state index in [1.54, 1.807) is 18.3 Å². The van der Waals surface area contributed by atoms with Gasteiger partial charge in [0.2, 0.25) is 0 Å². The largest absolute Gasteiger partial charge is 0.478 e. The molecule has 7 nitrogen and oxygen atoms in total. The summed E-state index contributed by atoms with van der Waals surface area (Å²) in [5.41, 5.74) is 4.07. The molecule has 7 rings (SSSR count). The molecule has 2 aliphatic heterocycles. The van der Waals surface area contributed by atoms with Crippen molar-refractivity contribution in [3.05, 3.63) is 137 Å². The smallest absolute Gasteiger partial charge is 0.265 e. The van der Waals surface area contributed by atoms with Crippen LogP contribution >= 0.6 is 0 Å². The van der Waals surface area contributed by atoms with E-state index in [2.05, 4.69) is 4.90 Å². The number of hydrogen-bond acceptors (Lipinski definition) is 6. The fraction of sp³-hybridized carbons (Fsp3) is 0.171. The number of hydrogen-bond donors (Lipinski definition) is 0. The van der Waals surface area contributed by atoms with Crippen molar-refractivity contribution in [3.63, 3.8) is 0 Å². The zero-order valence-corrected chi connectivity index (χ0v) is 23.3. The van der Waals surface area contributed by atoms with Gasteiger partial charge in [0.25, 0.3) is 11.8 Å². The summed E-state index contributed by atoms with van der Waals surface area (Å²) in [6, 6.07) is 29.1. The number of amides is 2. The highest BCUT2D eigenvalue weighted by molar-refractivity contribution is 6.28. The molecule has 0 bridgehead atoms. The predicted octanol–water partition coefficient (Wildman–Crippen LogP) is 6.18. The second-order valence-corrected chi connectivity index (χ2v) is 10.6. The van der Waals surface area contributed by atoms with Crippen molar-refractivity contribution in [2.24, 2.45) is 0 Å². The molecule has 3 heterocycles. The number of nitrogens with zero attached hydrogens (tertiary/aromatic N) is 3. The maximum absolute atomic E-state index is 14.3. The molecule has 1 fully saturated rings. The topological polar surface area (TPSA) is 72.0 Å². The Morgan fingerprint density at radius 1 is 0.791 bits per heavy atom. The maximum atomic E-state index is 14.3. The van der Waals surface area contributed by atoms with Gasteiger partial charge in [-0.25, -0.2) is 4.39 Å². The summed E-state index contributed by atoms with van der Waals surface area (Å²) in [4.78, 5) is 36.6. The van der Waals surface area contributed by atoms with Crippen molar-refractivity contribution < 1.29 is 23.5 Å². The monoisotopic (exact) mass is 573 g/mol. The highest BCUT2D eigenvalue weighted by Crippen LogP contribution is 2.46. The summed E-state index contributed by atoms with van der Waals surface area (Å²) in [5, 5.41) is 0.725. The number of anilines is 1. The van der Waals surface area contributed by atoms with E-state index in [-0.39, 0.29) is 23.7 Å². The van der Waals surface area contributed by atoms with Gasteiger partial charge in [0.05, 0.1) is 36.6 Å². The van der Waals surface area contributed by atoms with Gasteiger partial charge in [-0.3, -0.25) is 19.5 Å². The molecule has 5 aromatic rings. The average Bonchev–Trinajstić information content (AvgIpc) is 3.30. The molecule has 2 amide bonds. The number of fused-ring (bicyclic) bond motifs is 2. The second-order valence-electron chi connectivity index (χ2n) is 10.6. The number of carbonyl (C=O) groups is 2. The Morgan fingerprint density at radius 3 is 2.07 bits per heavy atom. The van der Waals surface area contributed by atoms with Crippen molar-refractivity contribution >= 4 is 28.4 Å². The molecule has 1 saturated heterocycles. The van der Waals surface area contributed by atoms with Crippen LogP contribution in [0.15, 0.2) is 103 Å². The number of imide groups is 1. The first-order valence-corrected chi connectivity index (χ1v) is 14.2. The lowest BCUT2D eigenvalue weighted by atomic mass is 9.98. The second kappa shape index (κ2) is 11.3. The molecular weight excluding hydrogens is 545 g/mol. The van der Waals surface area contributed by atoms with Crippen molar-refractivity contribution in [2.45, 2.75) is 12.6 Å². The van der Waals surface area contributed by atoms with E-state index >= 15 is 0 Å². The van der Waals surface area contributed by atoms with Crippen molar-refractivity contribution in [1.29, 1.82) is 0 Å². The summed E-state index contributed by atoms with van der Waals surface area (Å²) in [6.45, 7) is 2.12. The van der Waals surface area contributed by atoms with Crippen molar-refractivity contribution in [3.8, 4) is 5.75 Å². The van der Waals surface area contributed by atoms with Crippen LogP contribution in [0.25, 0.3) is 10.9 Å². The van der Waals surface area contributed by atoms with Crippen molar-refractivity contribution in [1.82, 2.24) is 9.88 Å². The van der Waals surface area contributed by atoms with Crippen molar-refractivity contribution in [2.75, 3.05) is 31.2 Å². The quantitative estimate of drug-likeness (QED) is 0.217. The summed E-state index contributed by atoms with van der Waals surface area (Å²) in [5.74, 6) is -1.01. The number of ether oxygens (including phenoxy) is 2. The Balaban J connectivity index is 1.44. The van der Waals surface area contributed by atoms with E-state index in [4.69, 9.17) is 14.5 Å². The predicted molar refractivity (Wildman–Crippen MR) is 161 cm³/mol. The fourth-order valence-electron chi connectivity index (χ4n) is 5.88. The van der Waals surface area contributed by atoms with Crippen LogP contribution in [0.1, 0.15) is 43.5 Å². The summed E-state index contributed by atoms with van der Waals surface area (Å²) in [6.07, 6.45) is 1.10. The number of carbonyl (C=O) groups excluding carboxylic acids is 2. The van der Waals surface area contributed by atoms with Crippen LogP contribution in [0.3, 0.4) is 0 Å². The van der Waals surface area contributed by atoms with Gasteiger partial charge in [-0.05, 0) is 41.0 Å². The molecule has 0 radical (unpaired) electrons. The Bertz CT molecular complexity index is 1770. The number of halogens is 1. The van der Waals surface area contributed by atoms with E-state index in [1.165, 1.54) is 17.0 Å². The Kier molecular flexibility index (Phi) is 7.04. The van der Waals surface area contributed by atoms with E-state index in [9.17, 15) is 14.0 Å². The Labute approximate surface area is 248 Å². The number of morpholine rings is 1. The third-order valence-electron chi connectivity index (χ3n) is 7.93. The molecule has 4 aromatic carbocycles. The number of pyridine rings is 1. The van der Waals surface area contributed by atoms with Crippen LogP contribution in [-0.4, -0.2) is 48.0 Å². The normalized spacial score (nSPS) is 14.9. The van der Waals surface area contributed by atoms with Gasteiger partial charge in [0.15, 0.2) is 5.75 Å². The van der Waals surface area contributed by atoms with E-state index in [0.717, 1.165) is 16.5 Å². The average molecular weight is 574 g/mol. The molecule has 214 valence electrons. The van der Waals surface area contributed by atoms with Crippen LogP contribution in [0.4, 0.5) is 10.1 Å². The van der Waals surface area contributed by atoms with Gasteiger partial charge >= 0.3 is 0 Å². The molecule has 43 heavy (non-hydrogen) atoms. The minimum absolute atomic E-state index is 0.000803. The highest BCUT2D eigenvalue weighted by atomic mass is 19.1. The molecular formula is C35H28FN3O4. The van der Waals surface area contributed by atoms with Gasteiger partial charge in [0, 0.05) is 24.7 Å². The van der Waals surface area contributed by atoms with Gasteiger partial charge in [-0.2, -0.15) is 0 Å². The summed E-state index contributed by atoms with van der Waals surface area (Å²) in [7, 11) is 0. The zero-order chi connectivity index (χ0) is 29.3. The summed E-state index contributed by atoms with van der Waals surface area (Å²) < 4.78 is 26.1. The van der Waals surface area contributed by atoms with E-state index in [0.29, 0.717) is 48.6 Å². The van der Waals surface area contributed by atoms with Crippen LogP contribution < -0.4 is 9.64 Å². The van der Waals surface area contributed by atoms with E-state index < -0.39 is 17.9 Å². The van der Waals surface area contributed by atoms with Crippen LogP contribution in [-0.2, 0) is 11.3 Å². The first-order valence-electron chi connectivity index (χ1n) is 14.2. The molecule has 1 aromatic heterocycles.